The summed E-state index contributed by atoms with van der Waals surface area (Å²) in [5, 5.41) is 7.67. The van der Waals surface area contributed by atoms with E-state index >= 15 is 0 Å². The van der Waals surface area contributed by atoms with Crippen molar-refractivity contribution < 1.29 is 18.6 Å². The van der Waals surface area contributed by atoms with E-state index in [-0.39, 0.29) is 18.9 Å². The molecule has 0 saturated carbocycles. The Labute approximate surface area is 132 Å². The van der Waals surface area contributed by atoms with Gasteiger partial charge in [-0.05, 0) is 13.8 Å². The molecule has 7 heteroatoms. The Bertz CT molecular complexity index is 788. The van der Waals surface area contributed by atoms with Crippen molar-refractivity contribution in [1.29, 1.82) is 0 Å². The van der Waals surface area contributed by atoms with Crippen molar-refractivity contribution in [2.24, 2.45) is 0 Å². The standard InChI is InChI=1S/C16H15N3O4/c1-10-13(11(2)22-18-10)8-15(20)21-9-14-17-16(19-23-14)12-6-4-3-5-7-12/h3-7H,8-9H2,1-2H3. The molecule has 23 heavy (non-hydrogen) atoms. The quantitative estimate of drug-likeness (QED) is 0.668. The van der Waals surface area contributed by atoms with Crippen LogP contribution < -0.4 is 0 Å². The molecule has 0 saturated heterocycles. The number of esters is 1. The molecule has 0 amide bonds. The lowest BCUT2D eigenvalue weighted by molar-refractivity contribution is -0.144. The highest BCUT2D eigenvalue weighted by Crippen LogP contribution is 2.16. The van der Waals surface area contributed by atoms with Crippen LogP contribution in [0.2, 0.25) is 0 Å². The van der Waals surface area contributed by atoms with Crippen LogP contribution in [0.3, 0.4) is 0 Å². The minimum Gasteiger partial charge on any atom is -0.455 e. The van der Waals surface area contributed by atoms with Crippen molar-refractivity contribution in [3.8, 4) is 11.4 Å². The van der Waals surface area contributed by atoms with Crippen molar-refractivity contribution in [2.45, 2.75) is 26.9 Å². The molecule has 0 aliphatic rings. The molecular weight excluding hydrogens is 298 g/mol. The van der Waals surface area contributed by atoms with Crippen molar-refractivity contribution in [1.82, 2.24) is 15.3 Å². The minimum atomic E-state index is -0.404. The fraction of sp³-hybridized carbons (Fsp3) is 0.250. The SMILES string of the molecule is Cc1noc(C)c1CC(=O)OCc1nc(-c2ccccc2)no1. The molecule has 7 nitrogen and oxygen atoms in total. The van der Waals surface area contributed by atoms with Gasteiger partial charge in [-0.25, -0.2) is 0 Å². The van der Waals surface area contributed by atoms with Gasteiger partial charge in [-0.15, -0.1) is 0 Å². The number of hydrogen-bond donors (Lipinski definition) is 0. The maximum absolute atomic E-state index is 11.9. The largest absolute Gasteiger partial charge is 0.455 e. The molecule has 0 radical (unpaired) electrons. The maximum atomic E-state index is 11.9. The van der Waals surface area contributed by atoms with Crippen LogP contribution in [0.1, 0.15) is 22.9 Å². The van der Waals surface area contributed by atoms with Crippen molar-refractivity contribution >= 4 is 5.97 Å². The van der Waals surface area contributed by atoms with Gasteiger partial charge < -0.3 is 13.8 Å². The van der Waals surface area contributed by atoms with Crippen molar-refractivity contribution in [3.63, 3.8) is 0 Å². The summed E-state index contributed by atoms with van der Waals surface area (Å²) in [5.74, 6) is 0.917. The van der Waals surface area contributed by atoms with Crippen LogP contribution in [0.15, 0.2) is 39.4 Å². The highest BCUT2D eigenvalue weighted by Gasteiger charge is 2.16. The third kappa shape index (κ3) is 3.45. The summed E-state index contributed by atoms with van der Waals surface area (Å²) in [6, 6.07) is 9.42. The molecule has 0 aliphatic heterocycles. The summed E-state index contributed by atoms with van der Waals surface area (Å²) in [6.07, 6.45) is 0.0981. The molecule has 2 heterocycles. The Morgan fingerprint density at radius 3 is 2.61 bits per heavy atom. The number of benzene rings is 1. The zero-order chi connectivity index (χ0) is 16.2. The molecule has 0 N–H and O–H groups in total. The van der Waals surface area contributed by atoms with Crippen LogP contribution >= 0.6 is 0 Å². The van der Waals surface area contributed by atoms with Gasteiger partial charge in [-0.2, -0.15) is 4.98 Å². The number of carbonyl (C=O) groups is 1. The van der Waals surface area contributed by atoms with E-state index in [0.29, 0.717) is 17.3 Å². The van der Waals surface area contributed by atoms with Gasteiger partial charge in [0.05, 0.1) is 12.1 Å². The van der Waals surface area contributed by atoms with Crippen LogP contribution in [-0.4, -0.2) is 21.3 Å². The summed E-state index contributed by atoms with van der Waals surface area (Å²) in [4.78, 5) is 16.1. The molecule has 2 aromatic heterocycles. The number of rotatable bonds is 5. The second-order valence-electron chi connectivity index (χ2n) is 5.02. The molecule has 0 atom stereocenters. The summed E-state index contributed by atoms with van der Waals surface area (Å²) in [6.45, 7) is 3.47. The smallest absolute Gasteiger partial charge is 0.310 e. The molecule has 0 aliphatic carbocycles. The van der Waals surface area contributed by atoms with Crippen molar-refractivity contribution in [3.05, 3.63) is 53.2 Å². The Kier molecular flexibility index (Phi) is 4.18. The van der Waals surface area contributed by atoms with Gasteiger partial charge in [0.25, 0.3) is 5.89 Å². The summed E-state index contributed by atoms with van der Waals surface area (Å²) < 4.78 is 15.3. The molecular formula is C16H15N3O4. The second kappa shape index (κ2) is 6.43. The van der Waals surface area contributed by atoms with Crippen LogP contribution in [0.4, 0.5) is 0 Å². The molecule has 0 fully saturated rings. The van der Waals surface area contributed by atoms with Gasteiger partial charge in [-0.3, -0.25) is 4.79 Å². The van der Waals surface area contributed by atoms with E-state index in [1.807, 2.05) is 30.3 Å². The lowest BCUT2D eigenvalue weighted by Crippen LogP contribution is -2.09. The fourth-order valence-electron chi connectivity index (χ4n) is 2.11. The minimum absolute atomic E-state index is 0.0674. The summed E-state index contributed by atoms with van der Waals surface area (Å²) in [5.41, 5.74) is 2.26. The predicted octanol–water partition coefficient (Wildman–Crippen LogP) is 2.63. The number of hydrogen-bond acceptors (Lipinski definition) is 7. The molecule has 0 spiro atoms. The lowest BCUT2D eigenvalue weighted by Gasteiger charge is -2.01. The first kappa shape index (κ1) is 15.0. The van der Waals surface area contributed by atoms with E-state index in [0.717, 1.165) is 11.1 Å². The number of nitrogens with zero attached hydrogens (tertiary/aromatic N) is 3. The fourth-order valence-corrected chi connectivity index (χ4v) is 2.11. The van der Waals surface area contributed by atoms with Crippen LogP contribution in [0.5, 0.6) is 0 Å². The molecule has 0 unspecified atom stereocenters. The predicted molar refractivity (Wildman–Crippen MR) is 79.2 cm³/mol. The van der Waals surface area contributed by atoms with Gasteiger partial charge in [0.15, 0.2) is 6.61 Å². The monoisotopic (exact) mass is 313 g/mol. The topological polar surface area (TPSA) is 91.2 Å². The Morgan fingerprint density at radius 1 is 1.13 bits per heavy atom. The molecule has 1 aromatic carbocycles. The first-order chi connectivity index (χ1) is 11.1. The zero-order valence-electron chi connectivity index (χ0n) is 12.8. The van der Waals surface area contributed by atoms with E-state index in [4.69, 9.17) is 13.8 Å². The second-order valence-corrected chi connectivity index (χ2v) is 5.02. The average molecular weight is 313 g/mol. The third-order valence-electron chi connectivity index (χ3n) is 3.36. The normalized spacial score (nSPS) is 10.7. The van der Waals surface area contributed by atoms with Gasteiger partial charge in [0.2, 0.25) is 5.82 Å². The van der Waals surface area contributed by atoms with E-state index in [2.05, 4.69) is 15.3 Å². The van der Waals surface area contributed by atoms with Crippen LogP contribution in [0, 0.1) is 13.8 Å². The molecule has 3 aromatic rings. The van der Waals surface area contributed by atoms with Crippen molar-refractivity contribution in [2.75, 3.05) is 0 Å². The van der Waals surface area contributed by atoms with Gasteiger partial charge in [0.1, 0.15) is 5.76 Å². The van der Waals surface area contributed by atoms with E-state index in [1.54, 1.807) is 13.8 Å². The zero-order valence-corrected chi connectivity index (χ0v) is 12.8. The molecule has 0 bridgehead atoms. The van der Waals surface area contributed by atoms with Gasteiger partial charge in [0, 0.05) is 11.1 Å². The average Bonchev–Trinajstić information content (AvgIpc) is 3.16. The van der Waals surface area contributed by atoms with Crippen LogP contribution in [0.25, 0.3) is 11.4 Å². The van der Waals surface area contributed by atoms with E-state index in [9.17, 15) is 4.79 Å². The molecule has 3 rings (SSSR count). The highest BCUT2D eigenvalue weighted by molar-refractivity contribution is 5.73. The highest BCUT2D eigenvalue weighted by atomic mass is 16.6. The van der Waals surface area contributed by atoms with Crippen LogP contribution in [-0.2, 0) is 22.6 Å². The third-order valence-corrected chi connectivity index (χ3v) is 3.36. The van der Waals surface area contributed by atoms with E-state index < -0.39 is 5.97 Å². The first-order valence-corrected chi connectivity index (χ1v) is 7.09. The summed E-state index contributed by atoms with van der Waals surface area (Å²) >= 11 is 0. The Morgan fingerprint density at radius 2 is 1.91 bits per heavy atom. The Balaban J connectivity index is 1.59. The summed E-state index contributed by atoms with van der Waals surface area (Å²) in [7, 11) is 0. The number of aromatic nitrogens is 3. The Hall–Kier alpha value is -2.96. The number of carbonyl (C=O) groups excluding carboxylic acids is 1. The maximum Gasteiger partial charge on any atom is 0.310 e. The van der Waals surface area contributed by atoms with Gasteiger partial charge in [-0.1, -0.05) is 40.6 Å². The van der Waals surface area contributed by atoms with E-state index in [1.165, 1.54) is 0 Å². The lowest BCUT2D eigenvalue weighted by atomic mass is 10.1. The number of ether oxygens (including phenoxy) is 1. The van der Waals surface area contributed by atoms with Gasteiger partial charge >= 0.3 is 5.97 Å². The first-order valence-electron chi connectivity index (χ1n) is 7.09. The molecule has 118 valence electrons. The number of aryl methyl sites for hydroxylation is 2.